The second kappa shape index (κ2) is 6.46. The number of carbonyl (C=O) groups is 3. The first-order valence-corrected chi connectivity index (χ1v) is 5.95. The molecule has 102 valence electrons. The molecule has 2 atom stereocenters. The van der Waals surface area contributed by atoms with Gasteiger partial charge in [-0.1, -0.05) is 0 Å². The number of ketones is 1. The predicted molar refractivity (Wildman–Crippen MR) is 63.2 cm³/mol. The number of aliphatic hydroxyl groups is 1. The fourth-order valence-electron chi connectivity index (χ4n) is 2.02. The lowest BCUT2D eigenvalue weighted by atomic mass is 10.1. The van der Waals surface area contributed by atoms with Crippen molar-refractivity contribution in [2.45, 2.75) is 37.8 Å². The molecule has 1 aliphatic heterocycles. The zero-order chi connectivity index (χ0) is 13.7. The van der Waals surface area contributed by atoms with Crippen molar-refractivity contribution >= 4 is 17.6 Å². The van der Waals surface area contributed by atoms with Crippen LogP contribution in [0.2, 0.25) is 0 Å². The molecule has 0 aromatic heterocycles. The number of hydrogen-bond acceptors (Lipinski definition) is 5. The maximum absolute atomic E-state index is 11.8. The summed E-state index contributed by atoms with van der Waals surface area (Å²) in [4.78, 5) is 35.7. The van der Waals surface area contributed by atoms with Crippen LogP contribution in [0.4, 0.5) is 0 Å². The van der Waals surface area contributed by atoms with E-state index in [4.69, 9.17) is 16.6 Å². The number of nitrogens with zero attached hydrogens (tertiary/aromatic N) is 1. The standard InChI is InChI=1S/C11H19N3O4/c12-7(6-15)9(16)3-4-10(17)14-5-1-2-8(14)11(13)18/h7-8,15H,1-6,12H2,(H2,13,18)/t7-,8?/m0/s1. The van der Waals surface area contributed by atoms with Gasteiger partial charge < -0.3 is 21.5 Å². The molecule has 0 saturated carbocycles. The van der Waals surface area contributed by atoms with Gasteiger partial charge in [0.05, 0.1) is 12.6 Å². The number of rotatable bonds is 6. The molecule has 2 amide bonds. The van der Waals surface area contributed by atoms with E-state index in [2.05, 4.69) is 0 Å². The lowest BCUT2D eigenvalue weighted by Gasteiger charge is -2.22. The van der Waals surface area contributed by atoms with E-state index in [1.165, 1.54) is 4.90 Å². The fourth-order valence-corrected chi connectivity index (χ4v) is 2.02. The van der Waals surface area contributed by atoms with Crippen LogP contribution in [0.3, 0.4) is 0 Å². The zero-order valence-electron chi connectivity index (χ0n) is 10.2. The van der Waals surface area contributed by atoms with Gasteiger partial charge in [0.15, 0.2) is 5.78 Å². The van der Waals surface area contributed by atoms with Crippen molar-refractivity contribution in [2.24, 2.45) is 11.5 Å². The van der Waals surface area contributed by atoms with Gasteiger partial charge in [0.1, 0.15) is 6.04 Å². The highest BCUT2D eigenvalue weighted by molar-refractivity contribution is 5.91. The van der Waals surface area contributed by atoms with Crippen molar-refractivity contribution in [3.63, 3.8) is 0 Å². The highest BCUT2D eigenvalue weighted by Crippen LogP contribution is 2.18. The molecular formula is C11H19N3O4. The molecule has 1 saturated heterocycles. The normalized spacial score (nSPS) is 20.8. The monoisotopic (exact) mass is 257 g/mol. The first kappa shape index (κ1) is 14.6. The molecular weight excluding hydrogens is 238 g/mol. The molecule has 7 heteroatoms. The molecule has 0 aromatic carbocycles. The molecule has 0 spiro atoms. The second-order valence-corrected chi connectivity index (χ2v) is 4.40. The third-order valence-corrected chi connectivity index (χ3v) is 3.10. The lowest BCUT2D eigenvalue weighted by molar-refractivity contribution is -0.138. The van der Waals surface area contributed by atoms with Gasteiger partial charge in [-0.25, -0.2) is 0 Å². The maximum Gasteiger partial charge on any atom is 0.240 e. The van der Waals surface area contributed by atoms with E-state index in [9.17, 15) is 14.4 Å². The number of hydrogen-bond donors (Lipinski definition) is 3. The summed E-state index contributed by atoms with van der Waals surface area (Å²) >= 11 is 0. The molecule has 1 aliphatic rings. The van der Waals surface area contributed by atoms with Gasteiger partial charge in [-0.15, -0.1) is 0 Å². The Labute approximate surface area is 105 Å². The topological polar surface area (TPSA) is 127 Å². The van der Waals surface area contributed by atoms with Gasteiger partial charge in [0.25, 0.3) is 0 Å². The second-order valence-electron chi connectivity index (χ2n) is 4.40. The minimum Gasteiger partial charge on any atom is -0.394 e. The highest BCUT2D eigenvalue weighted by Gasteiger charge is 2.32. The highest BCUT2D eigenvalue weighted by atomic mass is 16.3. The van der Waals surface area contributed by atoms with Crippen molar-refractivity contribution in [3.05, 3.63) is 0 Å². The Balaban J connectivity index is 2.46. The fraction of sp³-hybridized carbons (Fsp3) is 0.727. The van der Waals surface area contributed by atoms with Crippen LogP contribution in [0, 0.1) is 0 Å². The molecule has 1 unspecified atom stereocenters. The molecule has 0 aromatic rings. The third kappa shape index (κ3) is 3.51. The van der Waals surface area contributed by atoms with Gasteiger partial charge in [0.2, 0.25) is 11.8 Å². The molecule has 18 heavy (non-hydrogen) atoms. The minimum atomic E-state index is -0.941. The summed E-state index contributed by atoms with van der Waals surface area (Å²) in [5.41, 5.74) is 10.5. The van der Waals surface area contributed by atoms with Crippen LogP contribution in [0.1, 0.15) is 25.7 Å². The number of amides is 2. The molecule has 0 bridgehead atoms. The number of carbonyl (C=O) groups excluding carboxylic acids is 3. The summed E-state index contributed by atoms with van der Waals surface area (Å²) in [6, 6.07) is -1.50. The third-order valence-electron chi connectivity index (χ3n) is 3.10. The molecule has 5 N–H and O–H groups in total. The van der Waals surface area contributed by atoms with Crippen LogP contribution in [0.15, 0.2) is 0 Å². The minimum absolute atomic E-state index is 0.00366. The molecule has 7 nitrogen and oxygen atoms in total. The Morgan fingerprint density at radius 3 is 2.56 bits per heavy atom. The van der Waals surface area contributed by atoms with E-state index in [1.807, 2.05) is 0 Å². The summed E-state index contributed by atoms with van der Waals surface area (Å²) < 4.78 is 0. The van der Waals surface area contributed by atoms with E-state index in [-0.39, 0.29) is 24.5 Å². The van der Waals surface area contributed by atoms with Gasteiger partial charge in [-0.3, -0.25) is 14.4 Å². The van der Waals surface area contributed by atoms with Gasteiger partial charge in [-0.05, 0) is 12.8 Å². The van der Waals surface area contributed by atoms with Crippen LogP contribution >= 0.6 is 0 Å². The Bertz CT molecular complexity index is 345. The summed E-state index contributed by atoms with van der Waals surface area (Å²) in [7, 11) is 0. The van der Waals surface area contributed by atoms with Crippen molar-refractivity contribution in [3.8, 4) is 0 Å². The van der Waals surface area contributed by atoms with Crippen LogP contribution in [0.25, 0.3) is 0 Å². The van der Waals surface area contributed by atoms with E-state index >= 15 is 0 Å². The van der Waals surface area contributed by atoms with Crippen molar-refractivity contribution in [1.82, 2.24) is 4.90 Å². The average Bonchev–Trinajstić information content (AvgIpc) is 2.83. The first-order valence-electron chi connectivity index (χ1n) is 5.95. The summed E-state index contributed by atoms with van der Waals surface area (Å²) in [5.74, 6) is -1.14. The number of likely N-dealkylation sites (tertiary alicyclic amines) is 1. The molecule has 1 fully saturated rings. The van der Waals surface area contributed by atoms with E-state index < -0.39 is 24.6 Å². The van der Waals surface area contributed by atoms with Gasteiger partial charge >= 0.3 is 0 Å². The smallest absolute Gasteiger partial charge is 0.240 e. The van der Waals surface area contributed by atoms with Crippen LogP contribution in [-0.4, -0.2) is 52.8 Å². The largest absolute Gasteiger partial charge is 0.394 e. The summed E-state index contributed by atoms with van der Waals surface area (Å²) in [6.07, 6.45) is 1.29. The summed E-state index contributed by atoms with van der Waals surface area (Å²) in [6.45, 7) is 0.0628. The van der Waals surface area contributed by atoms with E-state index in [1.54, 1.807) is 0 Å². The Kier molecular flexibility index (Phi) is 5.24. The number of nitrogens with two attached hydrogens (primary N) is 2. The lowest BCUT2D eigenvalue weighted by Crippen LogP contribution is -2.44. The predicted octanol–water partition coefficient (Wildman–Crippen LogP) is -1.87. The summed E-state index contributed by atoms with van der Waals surface area (Å²) in [5, 5.41) is 8.69. The van der Waals surface area contributed by atoms with Crippen molar-refractivity contribution < 1.29 is 19.5 Å². The van der Waals surface area contributed by atoms with Gasteiger partial charge in [-0.2, -0.15) is 0 Å². The van der Waals surface area contributed by atoms with Gasteiger partial charge in [0, 0.05) is 19.4 Å². The molecule has 0 aliphatic carbocycles. The quantitative estimate of drug-likeness (QED) is 0.514. The van der Waals surface area contributed by atoms with Crippen LogP contribution < -0.4 is 11.5 Å². The number of primary amides is 1. The molecule has 1 heterocycles. The van der Waals surface area contributed by atoms with E-state index in [0.29, 0.717) is 13.0 Å². The van der Waals surface area contributed by atoms with Crippen molar-refractivity contribution in [1.29, 1.82) is 0 Å². The van der Waals surface area contributed by atoms with E-state index in [0.717, 1.165) is 6.42 Å². The first-order chi connectivity index (χ1) is 8.47. The van der Waals surface area contributed by atoms with Crippen molar-refractivity contribution in [2.75, 3.05) is 13.2 Å². The maximum atomic E-state index is 11.8. The van der Waals surface area contributed by atoms with Crippen LogP contribution in [-0.2, 0) is 14.4 Å². The average molecular weight is 257 g/mol. The Morgan fingerprint density at radius 2 is 2.00 bits per heavy atom. The SMILES string of the molecule is NC(=O)C1CCCN1C(=O)CCC(=O)[C@@H](N)CO. The number of Topliss-reactive ketones (excluding diaryl/α,β-unsaturated/α-hetero) is 1. The molecule has 1 rings (SSSR count). The Morgan fingerprint density at radius 1 is 1.33 bits per heavy atom. The molecule has 0 radical (unpaired) electrons. The zero-order valence-corrected chi connectivity index (χ0v) is 10.2. The Hall–Kier alpha value is -1.47. The number of aliphatic hydroxyl groups excluding tert-OH is 1. The van der Waals surface area contributed by atoms with Crippen LogP contribution in [0.5, 0.6) is 0 Å².